The first-order valence-corrected chi connectivity index (χ1v) is 8.00. The minimum Gasteiger partial charge on any atom is -0.496 e. The lowest BCUT2D eigenvalue weighted by atomic mass is 9.95. The highest BCUT2D eigenvalue weighted by Crippen LogP contribution is 2.47. The lowest BCUT2D eigenvalue weighted by Crippen LogP contribution is -2.32. The Labute approximate surface area is 156 Å². The number of carbonyl (C=O) groups excluding carboxylic acids is 1. The molecule has 3 N–H and O–H groups in total. The topological polar surface area (TPSA) is 64.3 Å². The van der Waals surface area contributed by atoms with Gasteiger partial charge in [0, 0.05) is 18.0 Å². The second-order valence-corrected chi connectivity index (χ2v) is 6.45. The fourth-order valence-electron chi connectivity index (χ4n) is 2.80. The van der Waals surface area contributed by atoms with Crippen LogP contribution < -0.4 is 15.8 Å². The van der Waals surface area contributed by atoms with E-state index in [1.807, 2.05) is 6.07 Å². The smallest absolute Gasteiger partial charge is 0.255 e. The molecule has 1 amide bonds. The van der Waals surface area contributed by atoms with Gasteiger partial charge in [-0.15, -0.1) is 12.4 Å². The molecule has 2 aromatic rings. The minimum atomic E-state index is -0.295. The Kier molecular flexibility index (Phi) is 5.80. The summed E-state index contributed by atoms with van der Waals surface area (Å²) in [4.78, 5) is 12.5. The highest BCUT2D eigenvalue weighted by atomic mass is 35.5. The molecule has 3 rings (SSSR count). The Morgan fingerprint density at radius 1 is 1.36 bits per heavy atom. The summed E-state index contributed by atoms with van der Waals surface area (Å²) in [6, 6.07) is 9.54. The maximum Gasteiger partial charge on any atom is 0.255 e. The molecule has 1 fully saturated rings. The molecule has 0 spiro atoms. The zero-order chi connectivity index (χ0) is 17.3. The molecular formula is C18H19Cl2FN2O2. The molecule has 0 atom stereocenters. The van der Waals surface area contributed by atoms with Gasteiger partial charge in [0.05, 0.1) is 23.4 Å². The SMILES string of the molecule is COc1cc(N)c(Cl)cc1C(=O)NCC1(c2cccc(F)c2)CC1.Cl. The van der Waals surface area contributed by atoms with E-state index in [0.717, 1.165) is 18.4 Å². The third kappa shape index (κ3) is 3.99. The van der Waals surface area contributed by atoms with Crippen LogP contribution in [-0.4, -0.2) is 19.6 Å². The number of ether oxygens (including phenoxy) is 1. The van der Waals surface area contributed by atoms with Gasteiger partial charge in [0.15, 0.2) is 0 Å². The standard InChI is InChI=1S/C18H18ClFN2O2.ClH/c1-24-16-9-15(21)14(19)8-13(16)17(23)22-10-18(5-6-18)11-3-2-4-12(20)7-11;/h2-4,7-9H,5-6,10,21H2,1H3,(H,22,23);1H. The van der Waals surface area contributed by atoms with Gasteiger partial charge in [0.2, 0.25) is 0 Å². The molecule has 7 heteroatoms. The molecule has 4 nitrogen and oxygen atoms in total. The van der Waals surface area contributed by atoms with Gasteiger partial charge in [-0.1, -0.05) is 23.7 Å². The Morgan fingerprint density at radius 2 is 2.08 bits per heavy atom. The summed E-state index contributed by atoms with van der Waals surface area (Å²) < 4.78 is 18.6. The highest BCUT2D eigenvalue weighted by Gasteiger charge is 2.44. The quantitative estimate of drug-likeness (QED) is 0.766. The minimum absolute atomic E-state index is 0. The zero-order valence-electron chi connectivity index (χ0n) is 13.6. The number of anilines is 1. The van der Waals surface area contributed by atoms with Crippen molar-refractivity contribution in [1.29, 1.82) is 0 Å². The fourth-order valence-corrected chi connectivity index (χ4v) is 2.96. The monoisotopic (exact) mass is 384 g/mol. The molecule has 1 aliphatic rings. The molecule has 0 aromatic heterocycles. The van der Waals surface area contributed by atoms with Crippen molar-refractivity contribution in [3.63, 3.8) is 0 Å². The predicted octanol–water partition coefficient (Wildman–Crippen LogP) is 3.95. The molecule has 2 aromatic carbocycles. The van der Waals surface area contributed by atoms with Crippen molar-refractivity contribution in [2.45, 2.75) is 18.3 Å². The van der Waals surface area contributed by atoms with Crippen LogP contribution in [0.3, 0.4) is 0 Å². The van der Waals surface area contributed by atoms with E-state index in [1.54, 1.807) is 6.07 Å². The van der Waals surface area contributed by atoms with Crippen LogP contribution in [0.1, 0.15) is 28.8 Å². The molecule has 134 valence electrons. The van der Waals surface area contributed by atoms with E-state index in [1.165, 1.54) is 31.4 Å². The molecule has 0 heterocycles. The molecule has 0 aliphatic heterocycles. The number of hydrogen-bond donors (Lipinski definition) is 2. The number of nitrogens with one attached hydrogen (secondary N) is 1. The van der Waals surface area contributed by atoms with Crippen molar-refractivity contribution in [2.75, 3.05) is 19.4 Å². The van der Waals surface area contributed by atoms with Gasteiger partial charge < -0.3 is 15.8 Å². The van der Waals surface area contributed by atoms with Crippen molar-refractivity contribution in [1.82, 2.24) is 5.32 Å². The van der Waals surface area contributed by atoms with Gasteiger partial charge in [-0.3, -0.25) is 4.79 Å². The fraction of sp³-hybridized carbons (Fsp3) is 0.278. The summed E-state index contributed by atoms with van der Waals surface area (Å²) in [5, 5.41) is 3.20. The van der Waals surface area contributed by atoms with Gasteiger partial charge in [-0.25, -0.2) is 4.39 Å². The molecule has 1 saturated carbocycles. The van der Waals surface area contributed by atoms with E-state index < -0.39 is 0 Å². The van der Waals surface area contributed by atoms with Gasteiger partial charge in [0.1, 0.15) is 11.6 Å². The largest absolute Gasteiger partial charge is 0.496 e. The predicted molar refractivity (Wildman–Crippen MR) is 99.3 cm³/mol. The maximum atomic E-state index is 13.4. The third-order valence-electron chi connectivity index (χ3n) is 4.44. The first-order chi connectivity index (χ1) is 11.4. The second-order valence-electron chi connectivity index (χ2n) is 6.05. The summed E-state index contributed by atoms with van der Waals surface area (Å²) in [5.74, 6) is -0.196. The molecule has 0 radical (unpaired) electrons. The summed E-state index contributed by atoms with van der Waals surface area (Å²) in [6.45, 7) is 0.431. The van der Waals surface area contributed by atoms with Crippen LogP contribution in [-0.2, 0) is 5.41 Å². The third-order valence-corrected chi connectivity index (χ3v) is 4.77. The average molecular weight is 385 g/mol. The number of nitrogens with two attached hydrogens (primary N) is 1. The lowest BCUT2D eigenvalue weighted by molar-refractivity contribution is 0.0946. The van der Waals surface area contributed by atoms with Gasteiger partial charge >= 0.3 is 0 Å². The van der Waals surface area contributed by atoms with E-state index in [-0.39, 0.29) is 29.5 Å². The number of nitrogen functional groups attached to an aromatic ring is 1. The van der Waals surface area contributed by atoms with Crippen LogP contribution in [0.5, 0.6) is 5.75 Å². The molecule has 0 bridgehead atoms. The Balaban J connectivity index is 0.00000225. The number of rotatable bonds is 5. The van der Waals surface area contributed by atoms with Gasteiger partial charge in [-0.05, 0) is 36.6 Å². The number of halogens is 3. The normalized spacial score (nSPS) is 14.4. The summed E-state index contributed by atoms with van der Waals surface area (Å²) in [6.07, 6.45) is 1.83. The number of hydrogen-bond acceptors (Lipinski definition) is 3. The van der Waals surface area contributed by atoms with Crippen molar-refractivity contribution >= 4 is 35.6 Å². The van der Waals surface area contributed by atoms with E-state index in [2.05, 4.69) is 5.32 Å². The number of benzene rings is 2. The maximum absolute atomic E-state index is 13.4. The van der Waals surface area contributed by atoms with E-state index in [4.69, 9.17) is 22.1 Å². The van der Waals surface area contributed by atoms with E-state index in [0.29, 0.717) is 28.6 Å². The molecule has 1 aliphatic carbocycles. The Hall–Kier alpha value is -1.98. The number of amides is 1. The first kappa shape index (κ1) is 19.3. The summed E-state index contributed by atoms with van der Waals surface area (Å²) in [7, 11) is 1.47. The van der Waals surface area contributed by atoms with Crippen LogP contribution in [0.15, 0.2) is 36.4 Å². The van der Waals surface area contributed by atoms with E-state index >= 15 is 0 Å². The first-order valence-electron chi connectivity index (χ1n) is 7.62. The molecule has 0 saturated heterocycles. The highest BCUT2D eigenvalue weighted by molar-refractivity contribution is 6.33. The van der Waals surface area contributed by atoms with E-state index in [9.17, 15) is 9.18 Å². The Morgan fingerprint density at radius 3 is 2.68 bits per heavy atom. The summed E-state index contributed by atoms with van der Waals surface area (Å²) >= 11 is 6.00. The second kappa shape index (κ2) is 7.50. The van der Waals surface area contributed by atoms with Crippen LogP contribution in [0.25, 0.3) is 0 Å². The molecule has 25 heavy (non-hydrogen) atoms. The lowest BCUT2D eigenvalue weighted by Gasteiger charge is -2.18. The van der Waals surface area contributed by atoms with Crippen LogP contribution >= 0.6 is 24.0 Å². The van der Waals surface area contributed by atoms with Gasteiger partial charge in [0.25, 0.3) is 5.91 Å². The van der Waals surface area contributed by atoms with Crippen molar-refractivity contribution < 1.29 is 13.9 Å². The van der Waals surface area contributed by atoms with Crippen molar-refractivity contribution in [3.05, 3.63) is 58.4 Å². The van der Waals surface area contributed by atoms with Crippen molar-refractivity contribution in [2.24, 2.45) is 0 Å². The van der Waals surface area contributed by atoms with Crippen LogP contribution in [0.2, 0.25) is 5.02 Å². The average Bonchev–Trinajstić information content (AvgIpc) is 3.36. The number of carbonyl (C=O) groups is 1. The van der Waals surface area contributed by atoms with Crippen LogP contribution in [0.4, 0.5) is 10.1 Å². The summed E-state index contributed by atoms with van der Waals surface area (Å²) in [5.41, 5.74) is 7.12. The molecular weight excluding hydrogens is 366 g/mol. The van der Waals surface area contributed by atoms with Crippen molar-refractivity contribution in [3.8, 4) is 5.75 Å². The molecule has 0 unspecified atom stereocenters. The number of methoxy groups -OCH3 is 1. The Bertz CT molecular complexity index is 795. The van der Waals surface area contributed by atoms with Gasteiger partial charge in [-0.2, -0.15) is 0 Å². The van der Waals surface area contributed by atoms with Crippen LogP contribution in [0, 0.1) is 5.82 Å². The zero-order valence-corrected chi connectivity index (χ0v) is 15.2.